The van der Waals surface area contributed by atoms with Crippen molar-refractivity contribution >= 4 is 17.7 Å². The lowest BCUT2D eigenvalue weighted by atomic mass is 10.1. The van der Waals surface area contributed by atoms with Crippen LogP contribution in [0.3, 0.4) is 0 Å². The van der Waals surface area contributed by atoms with Crippen molar-refractivity contribution in [3.05, 3.63) is 23.8 Å². The molecule has 1 aliphatic rings. The molecule has 0 bridgehead atoms. The van der Waals surface area contributed by atoms with Gasteiger partial charge in [-0.15, -0.1) is 0 Å². The van der Waals surface area contributed by atoms with Crippen LogP contribution in [-0.4, -0.2) is 81.3 Å². The Bertz CT molecular complexity index is 589. The normalized spacial score (nSPS) is 17.1. The molecule has 1 aliphatic heterocycles. The molecule has 0 spiro atoms. The zero-order valence-corrected chi connectivity index (χ0v) is 17.4. The molecule has 1 aromatic carbocycles. The van der Waals surface area contributed by atoms with Crippen LogP contribution in [0.15, 0.2) is 23.2 Å². The van der Waals surface area contributed by atoms with Gasteiger partial charge in [-0.3, -0.25) is 9.89 Å². The first-order chi connectivity index (χ1) is 12.6. The third-order valence-corrected chi connectivity index (χ3v) is 5.69. The Kier molecular flexibility index (Phi) is 8.38. The maximum Gasteiger partial charge on any atom is 0.193 e. The highest BCUT2D eigenvalue weighted by Gasteiger charge is 2.21. The van der Waals surface area contributed by atoms with Gasteiger partial charge >= 0.3 is 0 Å². The highest BCUT2D eigenvalue weighted by atomic mass is 32.2. The fraction of sp³-hybridized carbons (Fsp3) is 0.632. The van der Waals surface area contributed by atoms with Gasteiger partial charge in [0.25, 0.3) is 0 Å². The van der Waals surface area contributed by atoms with Crippen LogP contribution in [0.25, 0.3) is 0 Å². The Balaban J connectivity index is 1.90. The van der Waals surface area contributed by atoms with Crippen LogP contribution < -0.4 is 14.8 Å². The van der Waals surface area contributed by atoms with E-state index >= 15 is 0 Å². The maximum atomic E-state index is 5.50. The first-order valence-electron chi connectivity index (χ1n) is 9.03. The molecule has 0 radical (unpaired) electrons. The van der Waals surface area contributed by atoms with Crippen molar-refractivity contribution < 1.29 is 9.47 Å². The Labute approximate surface area is 161 Å². The van der Waals surface area contributed by atoms with Crippen LogP contribution in [0.2, 0.25) is 0 Å². The fourth-order valence-corrected chi connectivity index (χ4v) is 3.26. The summed E-state index contributed by atoms with van der Waals surface area (Å²) in [4.78, 5) is 9.23. The summed E-state index contributed by atoms with van der Waals surface area (Å²) in [5, 5.41) is 4.07. The van der Waals surface area contributed by atoms with Gasteiger partial charge in [0.1, 0.15) is 11.5 Å². The molecule has 0 saturated carbocycles. The van der Waals surface area contributed by atoms with E-state index in [-0.39, 0.29) is 0 Å². The average molecular weight is 381 g/mol. The predicted molar refractivity (Wildman–Crippen MR) is 111 cm³/mol. The van der Waals surface area contributed by atoms with Crippen molar-refractivity contribution in [2.24, 2.45) is 4.99 Å². The number of aliphatic imine (C=N–C) groups is 1. The number of guanidine groups is 1. The van der Waals surface area contributed by atoms with Gasteiger partial charge in [0, 0.05) is 57.1 Å². The number of methoxy groups -OCH3 is 2. The van der Waals surface area contributed by atoms with Gasteiger partial charge in [-0.2, -0.15) is 11.8 Å². The van der Waals surface area contributed by atoms with E-state index in [0.717, 1.165) is 62.3 Å². The molecule has 1 N–H and O–H groups in total. The summed E-state index contributed by atoms with van der Waals surface area (Å²) in [5.41, 5.74) is 1.16. The zero-order valence-electron chi connectivity index (χ0n) is 16.6. The number of ether oxygens (including phenoxy) is 2. The second-order valence-corrected chi connectivity index (χ2v) is 7.69. The summed E-state index contributed by atoms with van der Waals surface area (Å²) in [6.45, 7) is 7.97. The summed E-state index contributed by atoms with van der Waals surface area (Å²) in [5.74, 6) is 2.79. The lowest BCUT2D eigenvalue weighted by Crippen LogP contribution is -2.52. The molecule has 7 heteroatoms. The lowest BCUT2D eigenvalue weighted by Gasteiger charge is -2.37. The molecule has 2 rings (SSSR count). The van der Waals surface area contributed by atoms with Crippen molar-refractivity contribution in [3.63, 3.8) is 0 Å². The second kappa shape index (κ2) is 10.5. The molecular weight excluding hydrogens is 348 g/mol. The molecule has 1 heterocycles. The van der Waals surface area contributed by atoms with Crippen molar-refractivity contribution in [2.45, 2.75) is 18.7 Å². The van der Waals surface area contributed by atoms with Gasteiger partial charge in [-0.1, -0.05) is 6.92 Å². The van der Waals surface area contributed by atoms with Gasteiger partial charge in [0.15, 0.2) is 5.96 Å². The number of nitrogens with zero attached hydrogens (tertiary/aromatic N) is 3. The molecule has 0 aliphatic carbocycles. The van der Waals surface area contributed by atoms with Crippen LogP contribution >= 0.6 is 11.8 Å². The zero-order chi connectivity index (χ0) is 18.9. The largest absolute Gasteiger partial charge is 0.497 e. The highest BCUT2D eigenvalue weighted by Crippen LogP contribution is 2.25. The van der Waals surface area contributed by atoms with Crippen LogP contribution in [0.5, 0.6) is 11.5 Å². The Morgan fingerprint density at radius 3 is 2.54 bits per heavy atom. The monoisotopic (exact) mass is 380 g/mol. The summed E-state index contributed by atoms with van der Waals surface area (Å²) in [6, 6.07) is 5.98. The van der Waals surface area contributed by atoms with Crippen molar-refractivity contribution in [1.29, 1.82) is 0 Å². The van der Waals surface area contributed by atoms with Gasteiger partial charge in [0.2, 0.25) is 0 Å². The van der Waals surface area contributed by atoms with E-state index in [1.54, 1.807) is 14.2 Å². The van der Waals surface area contributed by atoms with Gasteiger partial charge in [-0.05, 0) is 24.5 Å². The highest BCUT2D eigenvalue weighted by molar-refractivity contribution is 7.99. The number of nitrogens with one attached hydrogen (secondary N) is 1. The van der Waals surface area contributed by atoms with Gasteiger partial charge in [-0.25, -0.2) is 0 Å². The molecule has 26 heavy (non-hydrogen) atoms. The summed E-state index contributed by atoms with van der Waals surface area (Å²) >= 11 is 1.87. The Morgan fingerprint density at radius 2 is 1.96 bits per heavy atom. The number of rotatable bonds is 7. The lowest BCUT2D eigenvalue weighted by molar-refractivity contribution is 0.171. The molecule has 6 nitrogen and oxygen atoms in total. The Hall–Kier alpha value is -1.60. The molecule has 1 atom stereocenters. The molecule has 146 valence electrons. The fourth-order valence-electron chi connectivity index (χ4n) is 3.01. The van der Waals surface area contributed by atoms with E-state index in [1.165, 1.54) is 0 Å². The summed E-state index contributed by atoms with van der Waals surface area (Å²) in [7, 11) is 5.27. The van der Waals surface area contributed by atoms with E-state index in [0.29, 0.717) is 5.25 Å². The maximum absolute atomic E-state index is 5.50. The minimum absolute atomic E-state index is 0.577. The minimum atomic E-state index is 0.577. The van der Waals surface area contributed by atoms with E-state index in [4.69, 9.17) is 9.47 Å². The van der Waals surface area contributed by atoms with Crippen molar-refractivity contribution in [2.75, 3.05) is 60.2 Å². The topological polar surface area (TPSA) is 49.3 Å². The summed E-state index contributed by atoms with van der Waals surface area (Å²) in [6.07, 6.45) is 2.14. The SMILES string of the molecule is CN=C(NCC(C)SC)N1CCN(Cc2cc(OC)ccc2OC)CC1. The molecule has 1 fully saturated rings. The molecule has 0 amide bonds. The van der Waals surface area contributed by atoms with E-state index in [9.17, 15) is 0 Å². The van der Waals surface area contributed by atoms with Crippen molar-refractivity contribution in [1.82, 2.24) is 15.1 Å². The van der Waals surface area contributed by atoms with Crippen LogP contribution in [-0.2, 0) is 6.54 Å². The summed E-state index contributed by atoms with van der Waals surface area (Å²) < 4.78 is 10.9. The quantitative estimate of drug-likeness (QED) is 0.578. The minimum Gasteiger partial charge on any atom is -0.497 e. The van der Waals surface area contributed by atoms with Crippen LogP contribution in [0.4, 0.5) is 0 Å². The van der Waals surface area contributed by atoms with Crippen molar-refractivity contribution in [3.8, 4) is 11.5 Å². The van der Waals surface area contributed by atoms with Gasteiger partial charge in [0.05, 0.1) is 14.2 Å². The molecular formula is C19H32N4O2S. The number of hydrogen-bond donors (Lipinski definition) is 1. The first-order valence-corrected chi connectivity index (χ1v) is 10.3. The number of benzene rings is 1. The third-order valence-electron chi connectivity index (χ3n) is 4.72. The van der Waals surface area contributed by atoms with Crippen LogP contribution in [0, 0.1) is 0 Å². The van der Waals surface area contributed by atoms with E-state index in [2.05, 4.69) is 39.4 Å². The van der Waals surface area contributed by atoms with Gasteiger partial charge < -0.3 is 19.7 Å². The predicted octanol–water partition coefficient (Wildman–Crippen LogP) is 2.15. The van der Waals surface area contributed by atoms with E-state index < -0.39 is 0 Å². The Morgan fingerprint density at radius 1 is 1.23 bits per heavy atom. The standard InChI is InChI=1S/C19H32N4O2S/c1-15(26-5)13-21-19(20-2)23-10-8-22(9-11-23)14-16-12-17(24-3)6-7-18(16)25-4/h6-7,12,15H,8-11,13-14H2,1-5H3,(H,20,21). The van der Waals surface area contributed by atoms with E-state index in [1.807, 2.05) is 30.9 Å². The number of piperazine rings is 1. The first kappa shape index (κ1) is 20.7. The number of hydrogen-bond acceptors (Lipinski definition) is 5. The van der Waals surface area contributed by atoms with Crippen LogP contribution in [0.1, 0.15) is 12.5 Å². The average Bonchev–Trinajstić information content (AvgIpc) is 2.69. The third kappa shape index (κ3) is 5.71. The second-order valence-electron chi connectivity index (χ2n) is 6.42. The smallest absolute Gasteiger partial charge is 0.193 e. The molecule has 1 saturated heterocycles. The molecule has 1 aromatic rings. The molecule has 1 unspecified atom stereocenters. The number of thioether (sulfide) groups is 1. The molecule has 0 aromatic heterocycles.